The molecule has 132 valence electrons. The quantitative estimate of drug-likeness (QED) is 0.641. The van der Waals surface area contributed by atoms with Crippen LogP contribution in [0.1, 0.15) is 37.7 Å². The van der Waals surface area contributed by atoms with Gasteiger partial charge in [-0.2, -0.15) is 0 Å². The lowest BCUT2D eigenvalue weighted by Gasteiger charge is -2.36. The lowest BCUT2D eigenvalue weighted by molar-refractivity contribution is -0.157. The molecule has 6 nitrogen and oxygen atoms in total. The number of rotatable bonds is 10. The van der Waals surface area contributed by atoms with Crippen molar-refractivity contribution in [3.63, 3.8) is 0 Å². The maximum absolute atomic E-state index is 11.8. The zero-order valence-electron chi connectivity index (χ0n) is 14.0. The number of nitrogens with one attached hydrogen (secondary N) is 1. The van der Waals surface area contributed by atoms with Crippen LogP contribution in [0.4, 0.5) is 0 Å². The van der Waals surface area contributed by atoms with Crippen LogP contribution in [-0.2, 0) is 20.9 Å². The topological polar surface area (TPSA) is 84.9 Å². The molecule has 0 saturated heterocycles. The van der Waals surface area contributed by atoms with E-state index in [0.29, 0.717) is 39.0 Å². The van der Waals surface area contributed by atoms with Crippen molar-refractivity contribution in [2.45, 2.75) is 38.7 Å². The van der Waals surface area contributed by atoms with Gasteiger partial charge in [-0.3, -0.25) is 9.59 Å². The number of carboxylic acid groups (broad SMARTS) is 1. The van der Waals surface area contributed by atoms with Gasteiger partial charge in [0.15, 0.2) is 0 Å². The van der Waals surface area contributed by atoms with Gasteiger partial charge in [-0.1, -0.05) is 18.6 Å². The van der Waals surface area contributed by atoms with E-state index in [4.69, 9.17) is 9.47 Å². The second-order valence-electron chi connectivity index (χ2n) is 6.22. The number of hydrogen-bond donors (Lipinski definition) is 2. The van der Waals surface area contributed by atoms with Gasteiger partial charge in [0, 0.05) is 19.6 Å². The Kier molecular flexibility index (Phi) is 6.61. The zero-order valence-corrected chi connectivity index (χ0v) is 14.0. The number of hydrogen-bond acceptors (Lipinski definition) is 4. The Morgan fingerprint density at radius 2 is 1.96 bits per heavy atom. The van der Waals surface area contributed by atoms with E-state index in [9.17, 15) is 14.7 Å². The maximum Gasteiger partial charge on any atom is 0.310 e. The molecule has 0 aliphatic heterocycles. The molecular weight excluding hydrogens is 310 g/mol. The summed E-state index contributed by atoms with van der Waals surface area (Å²) < 4.78 is 10.7. The van der Waals surface area contributed by atoms with Crippen LogP contribution >= 0.6 is 0 Å². The van der Waals surface area contributed by atoms with Gasteiger partial charge in [-0.05, 0) is 37.0 Å². The van der Waals surface area contributed by atoms with Crippen molar-refractivity contribution >= 4 is 11.9 Å². The van der Waals surface area contributed by atoms with Gasteiger partial charge >= 0.3 is 5.97 Å². The first-order valence-electron chi connectivity index (χ1n) is 8.26. The molecule has 0 atom stereocenters. The predicted molar refractivity (Wildman–Crippen MR) is 88.8 cm³/mol. The molecule has 0 unspecified atom stereocenters. The standard InChI is InChI=1S/C18H25NO5/c1-23-15-6-4-14(5-7-15)13-24-11-3-10-19-16(20)12-18(17(21)22)8-2-9-18/h4-7H,2-3,8-13H2,1H3,(H,19,20)(H,21,22). The number of carboxylic acids is 1. The second-order valence-corrected chi connectivity index (χ2v) is 6.22. The van der Waals surface area contributed by atoms with Crippen LogP contribution < -0.4 is 10.1 Å². The number of carbonyl (C=O) groups is 2. The van der Waals surface area contributed by atoms with E-state index in [0.717, 1.165) is 17.7 Å². The van der Waals surface area contributed by atoms with E-state index in [1.165, 1.54) is 0 Å². The summed E-state index contributed by atoms with van der Waals surface area (Å²) in [6.07, 6.45) is 2.86. The van der Waals surface area contributed by atoms with Crippen molar-refractivity contribution in [2.75, 3.05) is 20.3 Å². The van der Waals surface area contributed by atoms with Gasteiger partial charge < -0.3 is 19.9 Å². The molecule has 0 spiro atoms. The second kappa shape index (κ2) is 8.68. The van der Waals surface area contributed by atoms with Gasteiger partial charge in [0.2, 0.25) is 5.91 Å². The van der Waals surface area contributed by atoms with E-state index in [1.807, 2.05) is 24.3 Å². The SMILES string of the molecule is COc1ccc(COCCCNC(=O)CC2(C(=O)O)CCC2)cc1. The highest BCUT2D eigenvalue weighted by atomic mass is 16.5. The molecule has 6 heteroatoms. The molecule has 1 aliphatic carbocycles. The monoisotopic (exact) mass is 335 g/mol. The largest absolute Gasteiger partial charge is 0.497 e. The smallest absolute Gasteiger partial charge is 0.310 e. The Bertz CT molecular complexity index is 551. The third-order valence-electron chi connectivity index (χ3n) is 4.48. The predicted octanol–water partition coefficient (Wildman–Crippen LogP) is 2.36. The van der Waals surface area contributed by atoms with Gasteiger partial charge in [-0.25, -0.2) is 0 Å². The molecule has 1 aliphatic rings. The highest BCUT2D eigenvalue weighted by Gasteiger charge is 2.45. The van der Waals surface area contributed by atoms with Gasteiger partial charge in [0.1, 0.15) is 5.75 Å². The van der Waals surface area contributed by atoms with E-state index in [1.54, 1.807) is 7.11 Å². The summed E-state index contributed by atoms with van der Waals surface area (Å²) in [5, 5.41) is 12.0. The minimum atomic E-state index is -0.855. The van der Waals surface area contributed by atoms with Crippen molar-refractivity contribution in [1.82, 2.24) is 5.32 Å². The fourth-order valence-corrected chi connectivity index (χ4v) is 2.75. The summed E-state index contributed by atoms with van der Waals surface area (Å²) in [7, 11) is 1.63. The van der Waals surface area contributed by atoms with Gasteiger partial charge in [0.25, 0.3) is 0 Å². The molecule has 24 heavy (non-hydrogen) atoms. The van der Waals surface area contributed by atoms with Crippen molar-refractivity contribution < 1.29 is 24.2 Å². The molecular formula is C18H25NO5. The molecule has 1 saturated carbocycles. The Hall–Kier alpha value is -2.08. The van der Waals surface area contributed by atoms with E-state index in [2.05, 4.69) is 5.32 Å². The number of aliphatic carboxylic acids is 1. The summed E-state index contributed by atoms with van der Waals surface area (Å²) in [5.41, 5.74) is 0.239. The summed E-state index contributed by atoms with van der Waals surface area (Å²) in [4.78, 5) is 23.1. The average molecular weight is 335 g/mol. The Morgan fingerprint density at radius 3 is 2.50 bits per heavy atom. The molecule has 1 aromatic rings. The van der Waals surface area contributed by atoms with E-state index < -0.39 is 11.4 Å². The maximum atomic E-state index is 11.8. The van der Waals surface area contributed by atoms with E-state index >= 15 is 0 Å². The summed E-state index contributed by atoms with van der Waals surface area (Å²) in [6.45, 7) is 1.55. The normalized spacial score (nSPS) is 15.4. The lowest BCUT2D eigenvalue weighted by atomic mass is 9.66. The molecule has 1 aromatic carbocycles. The number of benzene rings is 1. The fourth-order valence-electron chi connectivity index (χ4n) is 2.75. The van der Waals surface area contributed by atoms with Crippen molar-refractivity contribution in [3.8, 4) is 5.75 Å². The van der Waals surface area contributed by atoms with E-state index in [-0.39, 0.29) is 12.3 Å². The number of ether oxygens (including phenoxy) is 2. The van der Waals surface area contributed by atoms with Crippen LogP contribution in [0.25, 0.3) is 0 Å². The molecule has 0 bridgehead atoms. The third kappa shape index (κ3) is 4.96. The highest BCUT2D eigenvalue weighted by Crippen LogP contribution is 2.44. The number of amides is 1. The van der Waals surface area contributed by atoms with Crippen LogP contribution in [0.3, 0.4) is 0 Å². The van der Waals surface area contributed by atoms with Crippen LogP contribution in [0, 0.1) is 5.41 Å². The molecule has 1 amide bonds. The third-order valence-corrected chi connectivity index (χ3v) is 4.48. The highest BCUT2D eigenvalue weighted by molar-refractivity contribution is 5.85. The van der Waals surface area contributed by atoms with Crippen LogP contribution in [0.15, 0.2) is 24.3 Å². The Balaban J connectivity index is 1.56. The van der Waals surface area contributed by atoms with Crippen LogP contribution in [0.5, 0.6) is 5.75 Å². The molecule has 1 fully saturated rings. The lowest BCUT2D eigenvalue weighted by Crippen LogP contribution is -2.42. The summed E-state index contributed by atoms with van der Waals surface area (Å²) in [6, 6.07) is 7.67. The minimum Gasteiger partial charge on any atom is -0.497 e. The first kappa shape index (κ1) is 18.3. The first-order valence-corrected chi connectivity index (χ1v) is 8.26. The summed E-state index contributed by atoms with van der Waals surface area (Å²) >= 11 is 0. The summed E-state index contributed by atoms with van der Waals surface area (Å²) in [5.74, 6) is -0.231. The molecule has 0 heterocycles. The minimum absolute atomic E-state index is 0.0784. The van der Waals surface area contributed by atoms with Crippen molar-refractivity contribution in [2.24, 2.45) is 5.41 Å². The number of carbonyl (C=O) groups excluding carboxylic acids is 1. The molecule has 2 N–H and O–H groups in total. The molecule has 0 aromatic heterocycles. The Morgan fingerprint density at radius 1 is 1.25 bits per heavy atom. The molecule has 0 radical (unpaired) electrons. The fraction of sp³-hybridized carbons (Fsp3) is 0.556. The van der Waals surface area contributed by atoms with Crippen molar-refractivity contribution in [3.05, 3.63) is 29.8 Å². The zero-order chi connectivity index (χ0) is 17.4. The molecule has 2 rings (SSSR count). The van der Waals surface area contributed by atoms with Crippen molar-refractivity contribution in [1.29, 1.82) is 0 Å². The first-order chi connectivity index (χ1) is 11.6. The Labute approximate surface area is 142 Å². The van der Waals surface area contributed by atoms with Gasteiger partial charge in [0.05, 0.1) is 19.1 Å². The van der Waals surface area contributed by atoms with Crippen LogP contribution in [-0.4, -0.2) is 37.2 Å². The van der Waals surface area contributed by atoms with Gasteiger partial charge in [-0.15, -0.1) is 0 Å². The number of methoxy groups -OCH3 is 1. The van der Waals surface area contributed by atoms with Crippen LogP contribution in [0.2, 0.25) is 0 Å². The average Bonchev–Trinajstić information content (AvgIpc) is 2.54.